The van der Waals surface area contributed by atoms with Gasteiger partial charge >= 0.3 is 0 Å². The van der Waals surface area contributed by atoms with Crippen molar-refractivity contribution in [2.24, 2.45) is 5.92 Å². The molecule has 7 heteroatoms. The van der Waals surface area contributed by atoms with Crippen molar-refractivity contribution in [1.29, 1.82) is 0 Å². The van der Waals surface area contributed by atoms with Crippen LogP contribution in [0.2, 0.25) is 5.02 Å². The molecule has 0 aliphatic heterocycles. The van der Waals surface area contributed by atoms with Crippen molar-refractivity contribution >= 4 is 46.6 Å². The number of anilines is 2. The van der Waals surface area contributed by atoms with Gasteiger partial charge in [-0.25, -0.2) is 0 Å². The number of carbonyl (C=O) groups is 2. The standard InChI is InChI=1S/C23H27ClN2O3S/c1-15(22(27)26-20-13-17(24)11-12-21(20)29-2)30-19-10-6-9-18(14-19)25-23(28)16-7-4-3-5-8-16/h6,9-16H,3-5,7-8H2,1-2H3,(H,25,28)(H,26,27). The maximum atomic E-state index is 12.7. The third-order valence-electron chi connectivity index (χ3n) is 5.18. The van der Waals surface area contributed by atoms with Crippen molar-refractivity contribution in [1.82, 2.24) is 0 Å². The minimum Gasteiger partial charge on any atom is -0.495 e. The molecule has 3 rings (SSSR count). The number of nitrogens with one attached hydrogen (secondary N) is 2. The van der Waals surface area contributed by atoms with E-state index in [0.717, 1.165) is 36.3 Å². The van der Waals surface area contributed by atoms with Crippen LogP contribution in [0.4, 0.5) is 11.4 Å². The molecule has 1 unspecified atom stereocenters. The molecule has 0 aromatic heterocycles. The van der Waals surface area contributed by atoms with Crippen LogP contribution >= 0.6 is 23.4 Å². The fourth-order valence-electron chi connectivity index (χ4n) is 3.53. The number of benzene rings is 2. The number of hydrogen-bond donors (Lipinski definition) is 2. The highest BCUT2D eigenvalue weighted by Gasteiger charge is 2.21. The first-order chi connectivity index (χ1) is 14.5. The van der Waals surface area contributed by atoms with E-state index in [1.165, 1.54) is 18.2 Å². The molecule has 5 nitrogen and oxygen atoms in total. The Hall–Kier alpha value is -2.18. The van der Waals surface area contributed by atoms with Crippen LogP contribution < -0.4 is 15.4 Å². The Labute approximate surface area is 186 Å². The molecular weight excluding hydrogens is 420 g/mol. The van der Waals surface area contributed by atoms with Crippen LogP contribution in [0.1, 0.15) is 39.0 Å². The summed E-state index contributed by atoms with van der Waals surface area (Å²) in [7, 11) is 1.55. The molecule has 1 fully saturated rings. The number of halogens is 1. The molecule has 160 valence electrons. The summed E-state index contributed by atoms with van der Waals surface area (Å²) in [5.74, 6) is 0.595. The zero-order valence-electron chi connectivity index (χ0n) is 17.2. The van der Waals surface area contributed by atoms with E-state index in [2.05, 4.69) is 10.6 Å². The number of hydrogen-bond acceptors (Lipinski definition) is 4. The van der Waals surface area contributed by atoms with E-state index in [9.17, 15) is 9.59 Å². The number of methoxy groups -OCH3 is 1. The third-order valence-corrected chi connectivity index (χ3v) is 6.51. The average molecular weight is 447 g/mol. The van der Waals surface area contributed by atoms with Gasteiger partial charge in [-0.2, -0.15) is 0 Å². The molecule has 2 amide bonds. The lowest BCUT2D eigenvalue weighted by Gasteiger charge is -2.21. The quantitative estimate of drug-likeness (QED) is 0.513. The molecule has 0 saturated heterocycles. The number of amides is 2. The molecule has 30 heavy (non-hydrogen) atoms. The number of rotatable bonds is 7. The largest absolute Gasteiger partial charge is 0.495 e. The Morgan fingerprint density at radius 2 is 1.87 bits per heavy atom. The molecule has 0 bridgehead atoms. The minimum absolute atomic E-state index is 0.0932. The SMILES string of the molecule is COc1ccc(Cl)cc1NC(=O)C(C)Sc1cccc(NC(=O)C2CCCCC2)c1. The Morgan fingerprint density at radius 3 is 2.60 bits per heavy atom. The molecule has 0 heterocycles. The average Bonchev–Trinajstić information content (AvgIpc) is 2.74. The van der Waals surface area contributed by atoms with Gasteiger partial charge in [0.1, 0.15) is 5.75 Å². The van der Waals surface area contributed by atoms with Crippen LogP contribution in [0.15, 0.2) is 47.4 Å². The normalized spacial score (nSPS) is 15.3. The van der Waals surface area contributed by atoms with E-state index in [0.29, 0.717) is 16.5 Å². The van der Waals surface area contributed by atoms with E-state index in [4.69, 9.17) is 16.3 Å². The van der Waals surface area contributed by atoms with Crippen LogP contribution in [-0.2, 0) is 9.59 Å². The summed E-state index contributed by atoms with van der Waals surface area (Å²) < 4.78 is 5.28. The number of ether oxygens (including phenoxy) is 1. The van der Waals surface area contributed by atoms with Crippen molar-refractivity contribution in [2.75, 3.05) is 17.7 Å². The lowest BCUT2D eigenvalue weighted by atomic mass is 9.88. The van der Waals surface area contributed by atoms with Crippen LogP contribution in [0.3, 0.4) is 0 Å². The predicted molar refractivity (Wildman–Crippen MR) is 124 cm³/mol. The number of thioether (sulfide) groups is 1. The molecule has 0 radical (unpaired) electrons. The van der Waals surface area contributed by atoms with Crippen molar-refractivity contribution < 1.29 is 14.3 Å². The summed E-state index contributed by atoms with van der Waals surface area (Å²) in [6.45, 7) is 1.84. The van der Waals surface area contributed by atoms with E-state index < -0.39 is 0 Å². The first-order valence-corrected chi connectivity index (χ1v) is 11.4. The first-order valence-electron chi connectivity index (χ1n) is 10.2. The maximum absolute atomic E-state index is 12.7. The number of carbonyl (C=O) groups excluding carboxylic acids is 2. The lowest BCUT2D eigenvalue weighted by Crippen LogP contribution is -2.24. The zero-order chi connectivity index (χ0) is 21.5. The zero-order valence-corrected chi connectivity index (χ0v) is 18.8. The highest BCUT2D eigenvalue weighted by atomic mass is 35.5. The summed E-state index contributed by atoms with van der Waals surface area (Å²) in [5, 5.41) is 6.08. The Kier molecular flexibility index (Phi) is 8.05. The van der Waals surface area contributed by atoms with Gasteiger partial charge in [0.2, 0.25) is 11.8 Å². The molecule has 2 aromatic rings. The van der Waals surface area contributed by atoms with Gasteiger partial charge in [0.15, 0.2) is 0 Å². The van der Waals surface area contributed by atoms with E-state index in [1.807, 2.05) is 31.2 Å². The molecule has 2 aromatic carbocycles. The van der Waals surface area contributed by atoms with Gasteiger partial charge in [-0.3, -0.25) is 9.59 Å². The second-order valence-corrected chi connectivity index (χ2v) is 9.30. The highest BCUT2D eigenvalue weighted by molar-refractivity contribution is 8.00. The predicted octanol–water partition coefficient (Wildman–Crippen LogP) is 5.99. The van der Waals surface area contributed by atoms with E-state index in [1.54, 1.807) is 25.3 Å². The molecular formula is C23H27ClN2O3S. The van der Waals surface area contributed by atoms with Crippen LogP contribution in [0.25, 0.3) is 0 Å². The van der Waals surface area contributed by atoms with Gasteiger partial charge in [-0.15, -0.1) is 11.8 Å². The van der Waals surface area contributed by atoms with Crippen molar-refractivity contribution in [3.05, 3.63) is 47.5 Å². The summed E-state index contributed by atoms with van der Waals surface area (Å²) >= 11 is 7.46. The highest BCUT2D eigenvalue weighted by Crippen LogP contribution is 2.31. The van der Waals surface area contributed by atoms with Crippen LogP contribution in [-0.4, -0.2) is 24.2 Å². The summed E-state index contributed by atoms with van der Waals surface area (Å²) in [6.07, 6.45) is 5.39. The first kappa shape index (κ1) is 22.5. The monoisotopic (exact) mass is 446 g/mol. The Bertz CT molecular complexity index is 900. The van der Waals surface area contributed by atoms with E-state index in [-0.39, 0.29) is 23.0 Å². The minimum atomic E-state index is -0.349. The van der Waals surface area contributed by atoms with E-state index >= 15 is 0 Å². The van der Waals surface area contributed by atoms with Gasteiger partial charge in [-0.1, -0.05) is 36.9 Å². The molecule has 1 atom stereocenters. The third kappa shape index (κ3) is 6.16. The van der Waals surface area contributed by atoms with Gasteiger partial charge in [0.25, 0.3) is 0 Å². The van der Waals surface area contributed by atoms with Gasteiger partial charge in [0.05, 0.1) is 18.0 Å². The maximum Gasteiger partial charge on any atom is 0.237 e. The summed E-state index contributed by atoms with van der Waals surface area (Å²) in [5.41, 5.74) is 1.30. The second kappa shape index (κ2) is 10.7. The lowest BCUT2D eigenvalue weighted by molar-refractivity contribution is -0.120. The van der Waals surface area contributed by atoms with Crippen molar-refractivity contribution in [3.63, 3.8) is 0 Å². The smallest absolute Gasteiger partial charge is 0.237 e. The molecule has 0 spiro atoms. The van der Waals surface area contributed by atoms with Crippen LogP contribution in [0.5, 0.6) is 5.75 Å². The van der Waals surface area contributed by atoms with Crippen molar-refractivity contribution in [2.45, 2.75) is 49.2 Å². The second-order valence-electron chi connectivity index (χ2n) is 7.45. The molecule has 1 aliphatic carbocycles. The Morgan fingerprint density at radius 1 is 1.10 bits per heavy atom. The van der Waals surface area contributed by atoms with Gasteiger partial charge in [-0.05, 0) is 56.2 Å². The topological polar surface area (TPSA) is 67.4 Å². The van der Waals surface area contributed by atoms with Gasteiger partial charge < -0.3 is 15.4 Å². The van der Waals surface area contributed by atoms with Crippen LogP contribution in [0, 0.1) is 5.92 Å². The fourth-order valence-corrected chi connectivity index (χ4v) is 4.62. The summed E-state index contributed by atoms with van der Waals surface area (Å²) in [6, 6.07) is 12.7. The molecule has 2 N–H and O–H groups in total. The van der Waals surface area contributed by atoms with Gasteiger partial charge in [0, 0.05) is 21.5 Å². The van der Waals surface area contributed by atoms with Crippen molar-refractivity contribution in [3.8, 4) is 5.75 Å². The Balaban J connectivity index is 1.60. The summed E-state index contributed by atoms with van der Waals surface area (Å²) in [4.78, 5) is 26.1. The molecule has 1 saturated carbocycles. The molecule has 1 aliphatic rings. The fraction of sp³-hybridized carbons (Fsp3) is 0.391.